The lowest BCUT2D eigenvalue weighted by Gasteiger charge is -2.44. The number of allylic oxidation sites excluding steroid dienone is 1. The molecule has 24 heavy (non-hydrogen) atoms. The summed E-state index contributed by atoms with van der Waals surface area (Å²) in [6.07, 6.45) is 9.42. The van der Waals surface area contributed by atoms with E-state index in [9.17, 15) is 0 Å². The van der Waals surface area contributed by atoms with E-state index in [1.54, 1.807) is 0 Å². The number of hydrogen-bond acceptors (Lipinski definition) is 1. The van der Waals surface area contributed by atoms with Crippen molar-refractivity contribution in [3.05, 3.63) is 42.1 Å². The van der Waals surface area contributed by atoms with Gasteiger partial charge in [-0.1, -0.05) is 52.8 Å². The third kappa shape index (κ3) is 3.15. The minimum atomic E-state index is 0.379. The number of anilines is 1. The Labute approximate surface area is 149 Å². The molecule has 1 aliphatic heterocycles. The number of benzene rings is 1. The molecule has 2 fully saturated rings. The Bertz CT molecular complexity index is 573. The maximum absolute atomic E-state index is 4.57. The largest absolute Gasteiger partial charge is 0.345 e. The zero-order chi connectivity index (χ0) is 17.4. The van der Waals surface area contributed by atoms with Crippen LogP contribution in [-0.4, -0.2) is 6.54 Å². The monoisotopic (exact) mass is 325 g/mol. The lowest BCUT2D eigenvalue weighted by atomic mass is 9.62. The van der Waals surface area contributed by atoms with Gasteiger partial charge in [0.1, 0.15) is 0 Å². The van der Waals surface area contributed by atoms with E-state index >= 15 is 0 Å². The van der Waals surface area contributed by atoms with Crippen molar-refractivity contribution in [1.29, 1.82) is 0 Å². The summed E-state index contributed by atoms with van der Waals surface area (Å²) in [4.78, 5) is 2.49. The molecule has 0 N–H and O–H groups in total. The summed E-state index contributed by atoms with van der Waals surface area (Å²) in [5.74, 6) is 0.599. The molecule has 0 bridgehead atoms. The summed E-state index contributed by atoms with van der Waals surface area (Å²) < 4.78 is 0. The van der Waals surface area contributed by atoms with Crippen molar-refractivity contribution >= 4 is 5.69 Å². The van der Waals surface area contributed by atoms with E-state index < -0.39 is 0 Å². The summed E-state index contributed by atoms with van der Waals surface area (Å²) in [5, 5.41) is 0. The molecule has 1 aromatic rings. The van der Waals surface area contributed by atoms with Gasteiger partial charge in [-0.3, -0.25) is 0 Å². The van der Waals surface area contributed by atoms with Gasteiger partial charge in [0.25, 0.3) is 0 Å². The molecule has 1 saturated heterocycles. The smallest absolute Gasteiger partial charge is 0.0408 e. The van der Waals surface area contributed by atoms with Crippen LogP contribution in [0.1, 0.15) is 84.1 Å². The summed E-state index contributed by atoms with van der Waals surface area (Å²) in [5.41, 5.74) is 5.10. The highest BCUT2D eigenvalue weighted by Gasteiger charge is 2.46. The normalized spacial score (nSPS) is 30.5. The van der Waals surface area contributed by atoms with Gasteiger partial charge >= 0.3 is 0 Å². The van der Waals surface area contributed by atoms with E-state index in [2.05, 4.69) is 63.4 Å². The van der Waals surface area contributed by atoms with E-state index in [1.807, 2.05) is 0 Å². The third-order valence-electron chi connectivity index (χ3n) is 6.89. The first-order valence-electron chi connectivity index (χ1n) is 9.96. The van der Waals surface area contributed by atoms with Crippen LogP contribution in [-0.2, 0) is 0 Å². The van der Waals surface area contributed by atoms with E-state index in [0.717, 1.165) is 6.54 Å². The molecule has 1 nitrogen and oxygen atoms in total. The molecule has 0 unspecified atom stereocenters. The Balaban J connectivity index is 1.71. The lowest BCUT2D eigenvalue weighted by molar-refractivity contribution is 0.112. The van der Waals surface area contributed by atoms with Crippen LogP contribution in [0.4, 0.5) is 5.69 Å². The fraction of sp³-hybridized carbons (Fsp3) is 0.652. The molecular formula is C23H35N. The van der Waals surface area contributed by atoms with Crippen LogP contribution in [0, 0.1) is 10.8 Å². The minimum absolute atomic E-state index is 0.379. The fourth-order valence-electron chi connectivity index (χ4n) is 4.94. The van der Waals surface area contributed by atoms with E-state index in [4.69, 9.17) is 0 Å². The number of rotatable bonds is 4. The molecule has 1 heterocycles. The predicted molar refractivity (Wildman–Crippen MR) is 106 cm³/mol. The average molecular weight is 326 g/mol. The zero-order valence-electron chi connectivity index (χ0n) is 16.2. The molecule has 0 atom stereocenters. The van der Waals surface area contributed by atoms with Crippen molar-refractivity contribution in [2.24, 2.45) is 10.8 Å². The van der Waals surface area contributed by atoms with Gasteiger partial charge in [0.05, 0.1) is 0 Å². The maximum Gasteiger partial charge on any atom is 0.0408 e. The van der Waals surface area contributed by atoms with Gasteiger partial charge < -0.3 is 4.90 Å². The van der Waals surface area contributed by atoms with Gasteiger partial charge in [-0.05, 0) is 67.6 Å². The highest BCUT2D eigenvalue weighted by atomic mass is 15.2. The Morgan fingerprint density at radius 3 is 2.21 bits per heavy atom. The maximum atomic E-state index is 4.57. The van der Waals surface area contributed by atoms with Crippen molar-refractivity contribution in [2.45, 2.75) is 78.6 Å². The molecule has 1 heteroatoms. The van der Waals surface area contributed by atoms with Crippen LogP contribution < -0.4 is 4.90 Å². The molecule has 1 aliphatic carbocycles. The Kier molecular flexibility index (Phi) is 4.82. The molecule has 0 radical (unpaired) electrons. The van der Waals surface area contributed by atoms with Gasteiger partial charge in [-0.2, -0.15) is 0 Å². The summed E-state index contributed by atoms with van der Waals surface area (Å²) in [7, 11) is 0. The van der Waals surface area contributed by atoms with Crippen molar-refractivity contribution in [3.8, 4) is 0 Å². The van der Waals surface area contributed by atoms with E-state index in [0.29, 0.717) is 16.7 Å². The number of hydrogen-bond donors (Lipinski definition) is 0. The van der Waals surface area contributed by atoms with Crippen LogP contribution in [0.5, 0.6) is 0 Å². The molecule has 1 spiro atoms. The Morgan fingerprint density at radius 1 is 1.04 bits per heavy atom. The lowest BCUT2D eigenvalue weighted by Crippen LogP contribution is -2.33. The minimum Gasteiger partial charge on any atom is -0.345 e. The molecule has 132 valence electrons. The summed E-state index contributed by atoms with van der Waals surface area (Å²) in [6.45, 7) is 15.1. The van der Waals surface area contributed by atoms with Gasteiger partial charge in [0.2, 0.25) is 0 Å². The van der Waals surface area contributed by atoms with E-state index in [-0.39, 0.29) is 0 Å². The van der Waals surface area contributed by atoms with Crippen LogP contribution in [0.15, 0.2) is 36.5 Å². The van der Waals surface area contributed by atoms with Crippen molar-refractivity contribution < 1.29 is 0 Å². The fourth-order valence-corrected chi connectivity index (χ4v) is 4.94. The standard InChI is InChI=1S/C23H35N/c1-6-11-22(5)12-14-23(15-13-22)16-17-24(19(23)4)21-9-7-20(8-10-21)18(2)3/h7-10,18H,4,6,11-17H2,1-3,5H3/t22-,23-. The Hall–Kier alpha value is -1.24. The molecule has 0 aromatic heterocycles. The van der Waals surface area contributed by atoms with Crippen molar-refractivity contribution in [1.82, 2.24) is 0 Å². The van der Waals surface area contributed by atoms with Gasteiger partial charge in [-0.25, -0.2) is 0 Å². The van der Waals surface area contributed by atoms with Crippen LogP contribution in [0.2, 0.25) is 0 Å². The highest BCUT2D eigenvalue weighted by Crippen LogP contribution is 2.56. The second kappa shape index (κ2) is 6.58. The van der Waals surface area contributed by atoms with Crippen molar-refractivity contribution in [2.75, 3.05) is 11.4 Å². The topological polar surface area (TPSA) is 3.24 Å². The average Bonchev–Trinajstić information content (AvgIpc) is 2.88. The van der Waals surface area contributed by atoms with Crippen LogP contribution in [0.25, 0.3) is 0 Å². The molecule has 1 aromatic carbocycles. The summed E-state index contributed by atoms with van der Waals surface area (Å²) >= 11 is 0. The molecular weight excluding hydrogens is 290 g/mol. The summed E-state index contributed by atoms with van der Waals surface area (Å²) in [6, 6.07) is 9.17. The van der Waals surface area contributed by atoms with Gasteiger partial charge in [-0.15, -0.1) is 0 Å². The SMILES string of the molecule is C=C1N(c2ccc(C(C)C)cc2)CC[C@]12CC[C@@](C)(CCC)CC2. The first kappa shape index (κ1) is 17.6. The van der Waals surface area contributed by atoms with Crippen molar-refractivity contribution in [3.63, 3.8) is 0 Å². The molecule has 0 amide bonds. The second-order valence-corrected chi connectivity index (χ2v) is 8.94. The second-order valence-electron chi connectivity index (χ2n) is 8.94. The van der Waals surface area contributed by atoms with Crippen LogP contribution in [0.3, 0.4) is 0 Å². The molecule has 2 aliphatic rings. The highest BCUT2D eigenvalue weighted by molar-refractivity contribution is 5.56. The quantitative estimate of drug-likeness (QED) is 0.582. The zero-order valence-corrected chi connectivity index (χ0v) is 16.2. The molecule has 3 rings (SSSR count). The van der Waals surface area contributed by atoms with Gasteiger partial charge in [0, 0.05) is 23.3 Å². The Morgan fingerprint density at radius 2 is 1.67 bits per heavy atom. The first-order chi connectivity index (χ1) is 11.4. The first-order valence-corrected chi connectivity index (χ1v) is 9.96. The molecule has 1 saturated carbocycles. The van der Waals surface area contributed by atoms with Gasteiger partial charge in [0.15, 0.2) is 0 Å². The predicted octanol–water partition coefficient (Wildman–Crippen LogP) is 6.90. The van der Waals surface area contributed by atoms with Crippen LogP contribution >= 0.6 is 0 Å². The number of nitrogens with zero attached hydrogens (tertiary/aromatic N) is 1. The van der Waals surface area contributed by atoms with E-state index in [1.165, 1.54) is 61.9 Å². The third-order valence-corrected chi connectivity index (χ3v) is 6.89.